The van der Waals surface area contributed by atoms with Crippen LogP contribution in [0, 0.1) is 10.1 Å². The Morgan fingerprint density at radius 2 is 1.92 bits per heavy atom. The molecule has 0 aliphatic carbocycles. The first kappa shape index (κ1) is 24.3. The Labute approximate surface area is 217 Å². The van der Waals surface area contributed by atoms with Crippen molar-refractivity contribution in [3.8, 4) is 0 Å². The van der Waals surface area contributed by atoms with Crippen molar-refractivity contribution in [2.24, 2.45) is 5.10 Å². The van der Waals surface area contributed by atoms with Crippen molar-refractivity contribution < 1.29 is 14.5 Å². The second-order valence-electron chi connectivity index (χ2n) is 7.97. The quantitative estimate of drug-likeness (QED) is 0.284. The van der Waals surface area contributed by atoms with E-state index < -0.39 is 10.8 Å². The van der Waals surface area contributed by atoms with Crippen molar-refractivity contribution in [3.05, 3.63) is 97.2 Å². The third-order valence-corrected chi connectivity index (χ3v) is 7.20. The van der Waals surface area contributed by atoms with E-state index in [1.165, 1.54) is 45.1 Å². The van der Waals surface area contributed by atoms with Gasteiger partial charge in [0.25, 0.3) is 17.2 Å². The van der Waals surface area contributed by atoms with Gasteiger partial charge < -0.3 is 0 Å². The maximum atomic E-state index is 13.2. The number of carbonyl (C=O) groups excluding carboxylic acids is 2. The number of carbonyl (C=O) groups is 2. The average molecular weight is 535 g/mol. The minimum Gasteiger partial charge on any atom is -0.286 e. The number of hydrogen-bond donors (Lipinski definition) is 1. The van der Waals surface area contributed by atoms with Gasteiger partial charge in [-0.25, -0.2) is 10.4 Å². The highest BCUT2D eigenvalue weighted by atomic mass is 32.2. The van der Waals surface area contributed by atoms with Gasteiger partial charge in [-0.2, -0.15) is 11.3 Å². The summed E-state index contributed by atoms with van der Waals surface area (Å²) < 4.78 is 1.33. The first-order chi connectivity index (χ1) is 17.9. The van der Waals surface area contributed by atoms with Crippen molar-refractivity contribution in [1.29, 1.82) is 0 Å². The fraction of sp³-hybridized carbons (Fsp3) is 0.125. The molecule has 1 aliphatic heterocycles. The van der Waals surface area contributed by atoms with E-state index in [1.54, 1.807) is 24.3 Å². The number of nitrogens with one attached hydrogen (secondary N) is 1. The molecule has 4 aromatic rings. The molecule has 0 saturated carbocycles. The van der Waals surface area contributed by atoms with Gasteiger partial charge in [-0.05, 0) is 46.7 Å². The first-order valence-corrected chi connectivity index (χ1v) is 12.9. The molecule has 2 aromatic heterocycles. The number of hydrogen-bond acceptors (Lipinski definition) is 9. The Kier molecular flexibility index (Phi) is 6.79. The largest absolute Gasteiger partial charge is 0.286 e. The predicted molar refractivity (Wildman–Crippen MR) is 142 cm³/mol. The molecule has 13 heteroatoms. The Hall–Kier alpha value is -4.36. The van der Waals surface area contributed by atoms with E-state index in [1.807, 2.05) is 16.8 Å². The number of non-ortho nitro benzene ring substituents is 1. The molecule has 186 valence electrons. The molecule has 1 N–H and O–H groups in total. The fourth-order valence-electron chi connectivity index (χ4n) is 3.80. The summed E-state index contributed by atoms with van der Waals surface area (Å²) >= 11 is 2.65. The number of benzene rings is 2. The Morgan fingerprint density at radius 1 is 1.14 bits per heavy atom. The number of nitro benzene ring substituents is 1. The van der Waals surface area contributed by atoms with E-state index in [0.29, 0.717) is 28.8 Å². The molecule has 37 heavy (non-hydrogen) atoms. The molecule has 3 heterocycles. The standard InChI is InChI=1S/C24H18N6O5S2/c31-21(26-27-24-29(22(32)14-37-24)16-5-7-17(8-6-16)30(34)35)12-28-20(11-15-9-10-36-13-15)25-19-4-2-1-3-18(19)23(28)33/h1-10,13H,11-12,14H2,(H,26,31). The van der Waals surface area contributed by atoms with E-state index >= 15 is 0 Å². The van der Waals surface area contributed by atoms with Gasteiger partial charge in [0.05, 0.1) is 27.3 Å². The van der Waals surface area contributed by atoms with Crippen LogP contribution in [-0.2, 0) is 22.6 Å². The minimum atomic E-state index is -0.568. The fourth-order valence-corrected chi connectivity index (χ4v) is 5.30. The van der Waals surface area contributed by atoms with E-state index in [2.05, 4.69) is 15.5 Å². The summed E-state index contributed by atoms with van der Waals surface area (Å²) in [5.74, 6) is -0.297. The summed E-state index contributed by atoms with van der Waals surface area (Å²) in [7, 11) is 0. The van der Waals surface area contributed by atoms with E-state index in [9.17, 15) is 24.5 Å². The van der Waals surface area contributed by atoms with E-state index in [4.69, 9.17) is 0 Å². The molecule has 2 amide bonds. The van der Waals surface area contributed by atoms with Crippen molar-refractivity contribution in [1.82, 2.24) is 15.0 Å². The number of aromatic nitrogens is 2. The third kappa shape index (κ3) is 5.13. The number of amides is 2. The van der Waals surface area contributed by atoms with Crippen molar-refractivity contribution in [2.45, 2.75) is 13.0 Å². The van der Waals surface area contributed by atoms with Gasteiger partial charge in [-0.1, -0.05) is 23.9 Å². The number of para-hydroxylation sites is 1. The second-order valence-corrected chi connectivity index (χ2v) is 9.69. The summed E-state index contributed by atoms with van der Waals surface area (Å²) in [6.07, 6.45) is 0.379. The van der Waals surface area contributed by atoms with Crippen LogP contribution in [-0.4, -0.2) is 37.2 Å². The van der Waals surface area contributed by atoms with Crippen LogP contribution in [0.15, 0.2) is 75.3 Å². The highest BCUT2D eigenvalue weighted by Gasteiger charge is 2.30. The molecule has 1 aliphatic rings. The lowest BCUT2D eigenvalue weighted by atomic mass is 10.2. The smallest absolute Gasteiger partial charge is 0.269 e. The molecule has 2 aromatic carbocycles. The number of thioether (sulfide) groups is 1. The molecular weight excluding hydrogens is 516 g/mol. The van der Waals surface area contributed by atoms with Crippen LogP contribution in [0.4, 0.5) is 11.4 Å². The van der Waals surface area contributed by atoms with Crippen molar-refractivity contribution >= 4 is 62.4 Å². The number of nitro groups is 1. The van der Waals surface area contributed by atoms with Gasteiger partial charge in [-0.15, -0.1) is 5.10 Å². The molecule has 0 spiro atoms. The first-order valence-electron chi connectivity index (χ1n) is 11.0. The van der Waals surface area contributed by atoms with Gasteiger partial charge in [0, 0.05) is 18.6 Å². The third-order valence-electron chi connectivity index (χ3n) is 5.55. The molecule has 0 radical (unpaired) electrons. The SMILES string of the molecule is O=C(Cn1c(Cc2ccsc2)nc2ccccc2c1=O)NN=C1SCC(=O)N1c1ccc([N+](=O)[O-])cc1. The van der Waals surface area contributed by atoms with Gasteiger partial charge in [0.1, 0.15) is 12.4 Å². The Morgan fingerprint density at radius 3 is 2.65 bits per heavy atom. The Bertz CT molecular complexity index is 1600. The van der Waals surface area contributed by atoms with Gasteiger partial charge in [-0.3, -0.25) is 34.0 Å². The lowest BCUT2D eigenvalue weighted by Crippen LogP contribution is -2.35. The van der Waals surface area contributed by atoms with Gasteiger partial charge >= 0.3 is 0 Å². The van der Waals surface area contributed by atoms with Crippen LogP contribution in [0.1, 0.15) is 11.4 Å². The minimum absolute atomic E-state index is 0.102. The number of hydrazone groups is 1. The predicted octanol–water partition coefficient (Wildman–Crippen LogP) is 3.12. The molecule has 1 saturated heterocycles. The van der Waals surface area contributed by atoms with E-state index in [0.717, 1.165) is 17.3 Å². The average Bonchev–Trinajstić information content (AvgIpc) is 3.54. The van der Waals surface area contributed by atoms with Crippen LogP contribution in [0.5, 0.6) is 0 Å². The summed E-state index contributed by atoms with van der Waals surface area (Å²) in [6, 6.07) is 14.3. The summed E-state index contributed by atoms with van der Waals surface area (Å²) in [5, 5.41) is 19.5. The number of rotatable bonds is 7. The number of thiophene rings is 1. The van der Waals surface area contributed by atoms with Crippen LogP contribution in [0.2, 0.25) is 0 Å². The molecule has 5 rings (SSSR count). The molecule has 1 fully saturated rings. The van der Waals surface area contributed by atoms with Crippen molar-refractivity contribution in [3.63, 3.8) is 0 Å². The molecule has 0 atom stereocenters. The number of amidine groups is 1. The Balaban J connectivity index is 1.39. The zero-order valence-corrected chi connectivity index (χ0v) is 20.7. The van der Waals surface area contributed by atoms with Crippen LogP contribution in [0.3, 0.4) is 0 Å². The molecule has 0 unspecified atom stereocenters. The molecular formula is C24H18N6O5S2. The van der Waals surface area contributed by atoms with Gasteiger partial charge in [0.2, 0.25) is 5.91 Å². The summed E-state index contributed by atoms with van der Waals surface area (Å²) in [4.78, 5) is 54.8. The summed E-state index contributed by atoms with van der Waals surface area (Å²) in [5.41, 5.74) is 3.89. The summed E-state index contributed by atoms with van der Waals surface area (Å²) in [6.45, 7) is -0.316. The van der Waals surface area contributed by atoms with Crippen molar-refractivity contribution in [2.75, 3.05) is 10.7 Å². The second kappa shape index (κ2) is 10.3. The van der Waals surface area contributed by atoms with Crippen LogP contribution in [0.25, 0.3) is 10.9 Å². The lowest BCUT2D eigenvalue weighted by molar-refractivity contribution is -0.384. The van der Waals surface area contributed by atoms with Crippen LogP contribution >= 0.6 is 23.1 Å². The molecule has 0 bridgehead atoms. The molecule has 11 nitrogen and oxygen atoms in total. The number of fused-ring (bicyclic) bond motifs is 1. The zero-order valence-electron chi connectivity index (χ0n) is 19.1. The van der Waals surface area contributed by atoms with Crippen LogP contribution < -0.4 is 15.9 Å². The number of nitrogens with zero attached hydrogens (tertiary/aromatic N) is 5. The van der Waals surface area contributed by atoms with E-state index in [-0.39, 0.29) is 34.6 Å². The highest BCUT2D eigenvalue weighted by Crippen LogP contribution is 2.28. The topological polar surface area (TPSA) is 140 Å². The number of anilines is 1. The maximum Gasteiger partial charge on any atom is 0.269 e. The zero-order chi connectivity index (χ0) is 25.9. The normalized spacial score (nSPS) is 14.4. The highest BCUT2D eigenvalue weighted by molar-refractivity contribution is 8.15. The van der Waals surface area contributed by atoms with Gasteiger partial charge in [0.15, 0.2) is 5.17 Å². The maximum absolute atomic E-state index is 13.2. The lowest BCUT2D eigenvalue weighted by Gasteiger charge is -2.16. The monoisotopic (exact) mass is 534 g/mol.